The topological polar surface area (TPSA) is 49.8 Å². The quantitative estimate of drug-likeness (QED) is 0.871. The zero-order valence-electron chi connectivity index (χ0n) is 11.3. The first kappa shape index (κ1) is 14.5. The maximum absolute atomic E-state index is 10.4. The molecule has 0 aliphatic carbocycles. The Balaban J connectivity index is 1.72. The molecule has 1 aliphatic rings. The SMILES string of the molecule is CCc1ccc(CN2CCC(OCC(=O)O)CC2)s1. The number of likely N-dealkylation sites (tertiary alicyclic amines) is 1. The molecule has 0 bridgehead atoms. The van der Waals surface area contributed by atoms with Gasteiger partial charge in [-0.25, -0.2) is 4.79 Å². The van der Waals surface area contributed by atoms with Gasteiger partial charge in [0.05, 0.1) is 6.10 Å². The monoisotopic (exact) mass is 283 g/mol. The Morgan fingerprint density at radius 1 is 1.42 bits per heavy atom. The molecule has 0 saturated carbocycles. The van der Waals surface area contributed by atoms with E-state index in [0.29, 0.717) is 0 Å². The highest BCUT2D eigenvalue weighted by Gasteiger charge is 2.20. The normalized spacial score (nSPS) is 17.7. The minimum Gasteiger partial charge on any atom is -0.480 e. The van der Waals surface area contributed by atoms with Crippen LogP contribution < -0.4 is 0 Å². The van der Waals surface area contributed by atoms with Gasteiger partial charge in [0.1, 0.15) is 6.61 Å². The van der Waals surface area contributed by atoms with E-state index in [-0.39, 0.29) is 12.7 Å². The molecule has 2 rings (SSSR count). The number of nitrogens with zero attached hydrogens (tertiary/aromatic N) is 1. The Bertz CT molecular complexity index is 411. The molecule has 2 heterocycles. The van der Waals surface area contributed by atoms with Crippen molar-refractivity contribution in [3.8, 4) is 0 Å². The van der Waals surface area contributed by atoms with E-state index in [1.165, 1.54) is 9.75 Å². The molecule has 106 valence electrons. The molecule has 1 fully saturated rings. The fourth-order valence-corrected chi connectivity index (χ4v) is 3.34. The van der Waals surface area contributed by atoms with Gasteiger partial charge in [-0.2, -0.15) is 0 Å². The van der Waals surface area contributed by atoms with E-state index in [1.807, 2.05) is 11.3 Å². The molecular weight excluding hydrogens is 262 g/mol. The zero-order valence-corrected chi connectivity index (χ0v) is 12.1. The number of piperidine rings is 1. The number of carbonyl (C=O) groups is 1. The lowest BCUT2D eigenvalue weighted by Crippen LogP contribution is -2.37. The number of rotatable bonds is 6. The highest BCUT2D eigenvalue weighted by Crippen LogP contribution is 2.21. The van der Waals surface area contributed by atoms with Crippen molar-refractivity contribution in [1.29, 1.82) is 0 Å². The Hall–Kier alpha value is -0.910. The van der Waals surface area contributed by atoms with Crippen LogP contribution >= 0.6 is 11.3 Å². The lowest BCUT2D eigenvalue weighted by molar-refractivity contribution is -0.145. The van der Waals surface area contributed by atoms with E-state index in [1.54, 1.807) is 0 Å². The molecule has 0 spiro atoms. The number of hydrogen-bond acceptors (Lipinski definition) is 4. The summed E-state index contributed by atoms with van der Waals surface area (Å²) in [7, 11) is 0. The predicted molar refractivity (Wildman–Crippen MR) is 75.6 cm³/mol. The lowest BCUT2D eigenvalue weighted by atomic mass is 10.1. The fraction of sp³-hybridized carbons (Fsp3) is 0.643. The van der Waals surface area contributed by atoms with E-state index in [9.17, 15) is 4.79 Å². The maximum atomic E-state index is 10.4. The van der Waals surface area contributed by atoms with Crippen LogP contribution in [0.4, 0.5) is 0 Å². The number of carboxylic acids is 1. The highest BCUT2D eigenvalue weighted by atomic mass is 32.1. The van der Waals surface area contributed by atoms with Crippen molar-refractivity contribution < 1.29 is 14.6 Å². The summed E-state index contributed by atoms with van der Waals surface area (Å²) >= 11 is 1.89. The number of thiophene rings is 1. The molecule has 19 heavy (non-hydrogen) atoms. The van der Waals surface area contributed by atoms with Gasteiger partial charge in [-0.05, 0) is 31.4 Å². The van der Waals surface area contributed by atoms with Crippen LogP contribution in [-0.4, -0.2) is 41.8 Å². The van der Waals surface area contributed by atoms with Gasteiger partial charge in [-0.15, -0.1) is 11.3 Å². The van der Waals surface area contributed by atoms with Crippen LogP contribution in [0.5, 0.6) is 0 Å². The second-order valence-electron chi connectivity index (χ2n) is 4.90. The van der Waals surface area contributed by atoms with Crippen LogP contribution in [0.25, 0.3) is 0 Å². The van der Waals surface area contributed by atoms with Crippen molar-refractivity contribution >= 4 is 17.3 Å². The van der Waals surface area contributed by atoms with E-state index < -0.39 is 5.97 Å². The Kier molecular flexibility index (Phi) is 5.36. The molecule has 0 atom stereocenters. The summed E-state index contributed by atoms with van der Waals surface area (Å²) in [5.74, 6) is -0.881. The molecule has 1 aromatic rings. The highest BCUT2D eigenvalue weighted by molar-refractivity contribution is 7.11. The van der Waals surface area contributed by atoms with Crippen molar-refractivity contribution in [3.63, 3.8) is 0 Å². The summed E-state index contributed by atoms with van der Waals surface area (Å²) in [6.07, 6.45) is 3.08. The summed E-state index contributed by atoms with van der Waals surface area (Å²) in [6.45, 7) is 5.00. The van der Waals surface area contributed by atoms with Gasteiger partial charge in [-0.1, -0.05) is 6.92 Å². The number of carboxylic acid groups (broad SMARTS) is 1. The third-order valence-corrected chi connectivity index (χ3v) is 4.64. The summed E-state index contributed by atoms with van der Waals surface area (Å²) in [6, 6.07) is 4.43. The second kappa shape index (κ2) is 7.03. The molecule has 1 N–H and O–H groups in total. The molecule has 1 saturated heterocycles. The van der Waals surface area contributed by atoms with Crippen LogP contribution in [0.1, 0.15) is 29.5 Å². The van der Waals surface area contributed by atoms with E-state index in [0.717, 1.165) is 38.9 Å². The first-order valence-corrected chi connectivity index (χ1v) is 7.62. The largest absolute Gasteiger partial charge is 0.480 e. The first-order chi connectivity index (χ1) is 9.17. The van der Waals surface area contributed by atoms with Crippen molar-refractivity contribution in [2.75, 3.05) is 19.7 Å². The second-order valence-corrected chi connectivity index (χ2v) is 6.15. The van der Waals surface area contributed by atoms with E-state index in [4.69, 9.17) is 9.84 Å². The average Bonchev–Trinajstić information content (AvgIpc) is 2.85. The van der Waals surface area contributed by atoms with Gasteiger partial charge < -0.3 is 9.84 Å². The molecule has 1 aliphatic heterocycles. The third kappa shape index (κ3) is 4.60. The zero-order chi connectivity index (χ0) is 13.7. The van der Waals surface area contributed by atoms with Crippen molar-refractivity contribution in [2.45, 2.75) is 38.8 Å². The smallest absolute Gasteiger partial charge is 0.329 e. The molecular formula is C14H21NO3S. The molecule has 0 amide bonds. The predicted octanol–water partition coefficient (Wildman–Crippen LogP) is 2.38. The summed E-state index contributed by atoms with van der Waals surface area (Å²) in [5, 5.41) is 8.58. The summed E-state index contributed by atoms with van der Waals surface area (Å²) in [4.78, 5) is 15.7. The molecule has 0 radical (unpaired) electrons. The average molecular weight is 283 g/mol. The van der Waals surface area contributed by atoms with Crippen LogP contribution in [0.2, 0.25) is 0 Å². The molecule has 0 unspecified atom stereocenters. The lowest BCUT2D eigenvalue weighted by Gasteiger charge is -2.31. The Morgan fingerprint density at radius 2 is 2.11 bits per heavy atom. The minimum atomic E-state index is -0.881. The maximum Gasteiger partial charge on any atom is 0.329 e. The minimum absolute atomic E-state index is 0.113. The van der Waals surface area contributed by atoms with Gasteiger partial charge in [-0.3, -0.25) is 4.90 Å². The number of ether oxygens (including phenoxy) is 1. The van der Waals surface area contributed by atoms with Gasteiger partial charge >= 0.3 is 5.97 Å². The van der Waals surface area contributed by atoms with Crippen LogP contribution in [0.3, 0.4) is 0 Å². The summed E-state index contributed by atoms with van der Waals surface area (Å²) in [5.41, 5.74) is 0. The molecule has 4 nitrogen and oxygen atoms in total. The number of aryl methyl sites for hydroxylation is 1. The standard InChI is InChI=1S/C14H21NO3S/c1-2-12-3-4-13(19-12)9-15-7-5-11(6-8-15)18-10-14(16)17/h3-4,11H,2,5-10H2,1H3,(H,16,17). The molecule has 1 aromatic heterocycles. The van der Waals surface area contributed by atoms with Gasteiger partial charge in [0.25, 0.3) is 0 Å². The fourth-order valence-electron chi connectivity index (χ4n) is 2.34. The van der Waals surface area contributed by atoms with Crippen molar-refractivity contribution in [2.24, 2.45) is 0 Å². The van der Waals surface area contributed by atoms with Gasteiger partial charge in [0.15, 0.2) is 0 Å². The molecule has 5 heteroatoms. The van der Waals surface area contributed by atoms with E-state index in [2.05, 4.69) is 24.0 Å². The van der Waals surface area contributed by atoms with E-state index >= 15 is 0 Å². The van der Waals surface area contributed by atoms with Crippen LogP contribution in [0.15, 0.2) is 12.1 Å². The van der Waals surface area contributed by atoms with Crippen molar-refractivity contribution in [3.05, 3.63) is 21.9 Å². The summed E-state index contributed by atoms with van der Waals surface area (Å²) < 4.78 is 5.34. The Morgan fingerprint density at radius 3 is 2.68 bits per heavy atom. The third-order valence-electron chi connectivity index (χ3n) is 3.42. The Labute approximate surface area is 118 Å². The number of aliphatic carboxylic acids is 1. The first-order valence-electron chi connectivity index (χ1n) is 6.80. The van der Waals surface area contributed by atoms with Crippen LogP contribution in [-0.2, 0) is 22.5 Å². The van der Waals surface area contributed by atoms with Gasteiger partial charge in [0.2, 0.25) is 0 Å². The molecule has 0 aromatic carbocycles. The van der Waals surface area contributed by atoms with Gasteiger partial charge in [0, 0.05) is 29.4 Å². The van der Waals surface area contributed by atoms with Crippen LogP contribution in [0, 0.1) is 0 Å². The number of hydrogen-bond donors (Lipinski definition) is 1. The van der Waals surface area contributed by atoms with Crippen molar-refractivity contribution in [1.82, 2.24) is 4.90 Å².